The van der Waals surface area contributed by atoms with E-state index in [1.54, 1.807) is 9.47 Å². The number of aromatic nitrogens is 2. The molecule has 2 N–H and O–H groups in total. The van der Waals surface area contributed by atoms with Gasteiger partial charge in [-0.15, -0.1) is 0 Å². The molecule has 0 radical (unpaired) electrons. The monoisotopic (exact) mass is 503 g/mol. The van der Waals surface area contributed by atoms with Gasteiger partial charge >= 0.3 is 5.97 Å². The molecule has 1 aliphatic carbocycles. The van der Waals surface area contributed by atoms with Crippen molar-refractivity contribution in [3.63, 3.8) is 0 Å². The fourth-order valence-corrected chi connectivity index (χ4v) is 5.30. The van der Waals surface area contributed by atoms with Crippen LogP contribution >= 0.6 is 11.8 Å². The van der Waals surface area contributed by atoms with Crippen molar-refractivity contribution in [2.45, 2.75) is 30.8 Å². The largest absolute Gasteiger partial charge is 0.477 e. The van der Waals surface area contributed by atoms with Crippen molar-refractivity contribution in [3.05, 3.63) is 45.5 Å². The van der Waals surface area contributed by atoms with Crippen LogP contribution in [0.15, 0.2) is 28.7 Å². The quantitative estimate of drug-likeness (QED) is 0.558. The standard InChI is InChI=1S/C23H26FN5O5S/c1-3-34-12-23(4-5-23)26-20(31)13-9-28(10-13)19-16(24)8-14-17(30)15(21(32)33)11-29(18(14)25-19)22-27(2)6-7-35-22/h6-8,11,13,22H,3-5,9-10,12H2,1-2H3,(H,26,31)(H,32,33)/t22-/m0/s1. The number of rotatable bonds is 8. The van der Waals surface area contributed by atoms with E-state index in [1.807, 2.05) is 30.5 Å². The van der Waals surface area contributed by atoms with Crippen molar-refractivity contribution in [3.8, 4) is 0 Å². The van der Waals surface area contributed by atoms with Gasteiger partial charge in [0.15, 0.2) is 17.1 Å². The van der Waals surface area contributed by atoms with E-state index in [0.717, 1.165) is 18.9 Å². The Hall–Kier alpha value is -3.12. The number of pyridine rings is 2. The number of carbonyl (C=O) groups is 2. The number of carbonyl (C=O) groups excluding carboxylic acids is 1. The number of amides is 1. The number of fused-ring (bicyclic) bond motifs is 1. The third-order valence-corrected chi connectivity index (χ3v) is 7.71. The Morgan fingerprint density at radius 2 is 2.11 bits per heavy atom. The lowest BCUT2D eigenvalue weighted by atomic mass is 9.98. The predicted molar refractivity (Wildman–Crippen MR) is 129 cm³/mol. The van der Waals surface area contributed by atoms with Gasteiger partial charge in [0.05, 0.1) is 23.4 Å². The zero-order valence-corrected chi connectivity index (χ0v) is 20.2. The molecule has 2 aromatic heterocycles. The van der Waals surface area contributed by atoms with Crippen molar-refractivity contribution in [1.29, 1.82) is 0 Å². The first-order chi connectivity index (χ1) is 16.7. The molecule has 186 valence electrons. The number of aromatic carboxylic acids is 1. The Labute approximate surface area is 204 Å². The third-order valence-electron chi connectivity index (χ3n) is 6.63. The van der Waals surface area contributed by atoms with E-state index in [0.29, 0.717) is 26.3 Å². The Bertz CT molecular complexity index is 1290. The van der Waals surface area contributed by atoms with E-state index in [4.69, 9.17) is 4.74 Å². The maximum atomic E-state index is 15.1. The summed E-state index contributed by atoms with van der Waals surface area (Å²) in [4.78, 5) is 45.1. The number of anilines is 1. The molecule has 1 atom stereocenters. The molecule has 5 rings (SSSR count). The maximum Gasteiger partial charge on any atom is 0.341 e. The van der Waals surface area contributed by atoms with Gasteiger partial charge in [-0.2, -0.15) is 0 Å². The normalized spacial score (nSPS) is 20.8. The Morgan fingerprint density at radius 1 is 1.37 bits per heavy atom. The number of nitrogens with zero attached hydrogens (tertiary/aromatic N) is 4. The predicted octanol–water partition coefficient (Wildman–Crippen LogP) is 1.96. The summed E-state index contributed by atoms with van der Waals surface area (Å²) in [5.41, 5.74) is -1.71. The summed E-state index contributed by atoms with van der Waals surface area (Å²) < 4.78 is 22.1. The highest BCUT2D eigenvalue weighted by Gasteiger charge is 2.47. The van der Waals surface area contributed by atoms with Gasteiger partial charge in [0.1, 0.15) is 11.2 Å². The highest BCUT2D eigenvalue weighted by molar-refractivity contribution is 8.02. The molecule has 2 aromatic rings. The molecule has 0 unspecified atom stereocenters. The van der Waals surface area contributed by atoms with Gasteiger partial charge in [-0.25, -0.2) is 14.2 Å². The summed E-state index contributed by atoms with van der Waals surface area (Å²) in [6.07, 6.45) is 4.84. The molecule has 0 aromatic carbocycles. The first-order valence-electron chi connectivity index (χ1n) is 11.4. The van der Waals surface area contributed by atoms with Crippen LogP contribution in [-0.2, 0) is 9.53 Å². The minimum Gasteiger partial charge on any atom is -0.477 e. The van der Waals surface area contributed by atoms with Gasteiger partial charge in [0, 0.05) is 39.1 Å². The fourth-order valence-electron chi connectivity index (χ4n) is 4.35. The number of carboxylic acid groups (broad SMARTS) is 1. The first-order valence-corrected chi connectivity index (χ1v) is 12.3. The van der Waals surface area contributed by atoms with E-state index < -0.39 is 22.8 Å². The minimum atomic E-state index is -1.39. The van der Waals surface area contributed by atoms with E-state index in [-0.39, 0.29) is 39.7 Å². The van der Waals surface area contributed by atoms with Gasteiger partial charge in [-0.1, -0.05) is 11.8 Å². The highest BCUT2D eigenvalue weighted by atomic mass is 32.2. The lowest BCUT2D eigenvalue weighted by molar-refractivity contribution is -0.127. The number of carboxylic acids is 1. The van der Waals surface area contributed by atoms with Crippen LogP contribution in [0, 0.1) is 11.7 Å². The molecule has 0 bridgehead atoms. The van der Waals surface area contributed by atoms with E-state index in [9.17, 15) is 19.5 Å². The molecule has 1 saturated carbocycles. The number of ether oxygens (including phenoxy) is 1. The molecular formula is C23H26FN5O5S. The average Bonchev–Trinajstić information content (AvgIpc) is 3.41. The van der Waals surface area contributed by atoms with Crippen LogP contribution in [0.1, 0.15) is 35.6 Å². The second-order valence-corrected chi connectivity index (χ2v) is 10.1. The van der Waals surface area contributed by atoms with Crippen molar-refractivity contribution >= 4 is 40.5 Å². The number of hydrogen-bond donors (Lipinski definition) is 2. The molecule has 10 nitrogen and oxygen atoms in total. The van der Waals surface area contributed by atoms with Gasteiger partial charge in [-0.3, -0.25) is 9.59 Å². The van der Waals surface area contributed by atoms with Crippen molar-refractivity contribution in [2.75, 3.05) is 38.3 Å². The van der Waals surface area contributed by atoms with Crippen molar-refractivity contribution in [1.82, 2.24) is 19.8 Å². The molecule has 3 aliphatic rings. The molecule has 12 heteroatoms. The summed E-state index contributed by atoms with van der Waals surface area (Å²) in [5.74, 6) is -2.47. The topological polar surface area (TPSA) is 117 Å². The lowest BCUT2D eigenvalue weighted by Gasteiger charge is -2.40. The maximum absolute atomic E-state index is 15.1. The van der Waals surface area contributed by atoms with Crippen LogP contribution in [0.25, 0.3) is 11.0 Å². The SMILES string of the molecule is CCOCC1(NC(=O)C2CN(c3nc4c(cc3F)c(=O)c(C(=O)O)cn4[C@H]3SC=CN3C)C2)CC1. The molecule has 35 heavy (non-hydrogen) atoms. The second-order valence-electron chi connectivity index (χ2n) is 9.17. The van der Waals surface area contributed by atoms with Crippen molar-refractivity contribution in [2.24, 2.45) is 5.92 Å². The lowest BCUT2D eigenvalue weighted by Crippen LogP contribution is -2.56. The van der Waals surface area contributed by atoms with E-state index in [2.05, 4.69) is 10.3 Å². The first kappa shape index (κ1) is 23.6. The van der Waals surface area contributed by atoms with Gasteiger partial charge in [-0.05, 0) is 31.2 Å². The zero-order valence-electron chi connectivity index (χ0n) is 19.4. The Balaban J connectivity index is 1.41. The van der Waals surface area contributed by atoms with Gasteiger partial charge in [0.2, 0.25) is 11.3 Å². The molecule has 2 aliphatic heterocycles. The molecule has 1 amide bonds. The highest BCUT2D eigenvalue weighted by Crippen LogP contribution is 2.38. The Kier molecular flexibility index (Phi) is 5.96. The number of halogens is 1. The minimum absolute atomic E-state index is 0.0341. The second kappa shape index (κ2) is 8.83. The van der Waals surface area contributed by atoms with Gasteiger partial charge < -0.3 is 29.5 Å². The number of thioether (sulfide) groups is 1. The Morgan fingerprint density at radius 3 is 2.71 bits per heavy atom. The number of nitrogens with one attached hydrogen (secondary N) is 1. The summed E-state index contributed by atoms with van der Waals surface area (Å²) in [7, 11) is 1.81. The van der Waals surface area contributed by atoms with Crippen LogP contribution in [0.5, 0.6) is 0 Å². The molecular weight excluding hydrogens is 477 g/mol. The van der Waals surface area contributed by atoms with Crippen LogP contribution < -0.4 is 15.6 Å². The van der Waals surface area contributed by atoms with E-state index >= 15 is 4.39 Å². The van der Waals surface area contributed by atoms with Crippen LogP contribution in [0.4, 0.5) is 10.2 Å². The van der Waals surface area contributed by atoms with Crippen LogP contribution in [-0.4, -0.2) is 70.3 Å². The summed E-state index contributed by atoms with van der Waals surface area (Å²) in [6.45, 7) is 3.58. The van der Waals surface area contributed by atoms with Crippen LogP contribution in [0.3, 0.4) is 0 Å². The molecule has 0 spiro atoms. The summed E-state index contributed by atoms with van der Waals surface area (Å²) in [6, 6.07) is 1.05. The van der Waals surface area contributed by atoms with Gasteiger partial charge in [0.25, 0.3) is 0 Å². The van der Waals surface area contributed by atoms with Crippen LogP contribution in [0.2, 0.25) is 0 Å². The summed E-state index contributed by atoms with van der Waals surface area (Å²) >= 11 is 1.41. The smallest absolute Gasteiger partial charge is 0.341 e. The average molecular weight is 504 g/mol. The summed E-state index contributed by atoms with van der Waals surface area (Å²) in [5, 5.41) is 14.3. The third kappa shape index (κ3) is 4.25. The molecule has 2 fully saturated rings. The van der Waals surface area contributed by atoms with Crippen molar-refractivity contribution < 1.29 is 23.8 Å². The van der Waals surface area contributed by atoms with E-state index in [1.165, 1.54) is 18.0 Å². The fraction of sp³-hybridized carbons (Fsp3) is 0.478. The molecule has 1 saturated heterocycles. The molecule has 4 heterocycles. The number of hydrogen-bond acceptors (Lipinski definition) is 8. The zero-order chi connectivity index (χ0) is 24.9.